The van der Waals surface area contributed by atoms with Gasteiger partial charge in [0, 0.05) is 12.0 Å². The zero-order valence-electron chi connectivity index (χ0n) is 19.3. The van der Waals surface area contributed by atoms with Crippen LogP contribution in [-0.2, 0) is 36.9 Å². The maximum Gasteiger partial charge on any atom is 0.435 e. The van der Waals surface area contributed by atoms with Crippen molar-refractivity contribution in [1.29, 1.82) is 0 Å². The van der Waals surface area contributed by atoms with Crippen LogP contribution in [0.15, 0.2) is 53.7 Å². The molecule has 2 saturated heterocycles. The standard InChI is InChI=1S/C24H19F7N2O4S/c25-21(12-33(13-21)20(34)15-10-38(35,36)11-15)16-6-4-14(5-7-16)19-9-22(37-32-19,24(29,30)31)17-2-1-3-18(8-17)23(26,27)28/h1-8,15H,9-13H2. The fraction of sp³-hybridized carbons (Fsp3) is 0.417. The molecule has 14 heteroatoms. The molecule has 6 nitrogen and oxygen atoms in total. The second-order valence-corrected chi connectivity index (χ2v) is 11.9. The minimum Gasteiger partial charge on any atom is -0.374 e. The van der Waals surface area contributed by atoms with Gasteiger partial charge in [0.15, 0.2) is 15.5 Å². The highest BCUT2D eigenvalue weighted by Crippen LogP contribution is 2.49. The third-order valence-electron chi connectivity index (χ3n) is 7.03. The molecule has 0 spiro atoms. The number of halogens is 7. The lowest BCUT2D eigenvalue weighted by Gasteiger charge is -2.46. The van der Waals surface area contributed by atoms with E-state index >= 15 is 4.39 Å². The fourth-order valence-corrected chi connectivity index (χ4v) is 6.24. The van der Waals surface area contributed by atoms with Crippen molar-refractivity contribution in [2.24, 2.45) is 11.1 Å². The Hall–Kier alpha value is -3.16. The molecule has 3 aliphatic heterocycles. The summed E-state index contributed by atoms with van der Waals surface area (Å²) in [7, 11) is -3.21. The second kappa shape index (κ2) is 8.42. The van der Waals surface area contributed by atoms with Gasteiger partial charge in [-0.15, -0.1) is 0 Å². The van der Waals surface area contributed by atoms with Crippen LogP contribution in [0.3, 0.4) is 0 Å². The summed E-state index contributed by atoms with van der Waals surface area (Å²) in [6, 6.07) is 8.07. The Balaban J connectivity index is 1.31. The minimum absolute atomic E-state index is 0.155. The van der Waals surface area contributed by atoms with Crippen LogP contribution < -0.4 is 0 Å². The zero-order chi connectivity index (χ0) is 27.7. The van der Waals surface area contributed by atoms with E-state index in [2.05, 4.69) is 5.16 Å². The number of carbonyl (C=O) groups is 1. The maximum atomic E-state index is 15.3. The van der Waals surface area contributed by atoms with E-state index in [1.165, 1.54) is 29.2 Å². The first-order valence-corrected chi connectivity index (χ1v) is 13.1. The Labute approximate surface area is 212 Å². The number of amides is 1. The first kappa shape index (κ1) is 26.4. The summed E-state index contributed by atoms with van der Waals surface area (Å²) in [6.45, 7) is -0.586. The van der Waals surface area contributed by atoms with Crippen LogP contribution in [0, 0.1) is 5.92 Å². The lowest BCUT2D eigenvalue weighted by atomic mass is 9.84. The molecule has 1 atom stereocenters. The summed E-state index contributed by atoms with van der Waals surface area (Å²) >= 11 is 0. The van der Waals surface area contributed by atoms with E-state index in [1.54, 1.807) is 0 Å². The van der Waals surface area contributed by atoms with Gasteiger partial charge in [0.2, 0.25) is 5.91 Å². The zero-order valence-corrected chi connectivity index (χ0v) is 20.1. The van der Waals surface area contributed by atoms with Gasteiger partial charge in [-0.3, -0.25) is 4.79 Å². The van der Waals surface area contributed by atoms with Gasteiger partial charge in [-0.1, -0.05) is 41.6 Å². The monoisotopic (exact) mass is 564 g/mol. The van der Waals surface area contributed by atoms with Crippen LogP contribution in [0.5, 0.6) is 0 Å². The molecule has 0 N–H and O–H groups in total. The number of nitrogens with zero attached hydrogens (tertiary/aromatic N) is 2. The molecule has 2 aromatic carbocycles. The van der Waals surface area contributed by atoms with Crippen LogP contribution in [0.2, 0.25) is 0 Å². The van der Waals surface area contributed by atoms with Gasteiger partial charge < -0.3 is 9.74 Å². The maximum absolute atomic E-state index is 15.3. The topological polar surface area (TPSA) is 76.0 Å². The Morgan fingerprint density at radius 3 is 2.16 bits per heavy atom. The minimum atomic E-state index is -5.10. The molecule has 2 aromatic rings. The van der Waals surface area contributed by atoms with Crippen molar-refractivity contribution >= 4 is 21.5 Å². The summed E-state index contributed by atoms with van der Waals surface area (Å²) in [5, 5.41) is 3.52. The van der Waals surface area contributed by atoms with Crippen molar-refractivity contribution in [3.63, 3.8) is 0 Å². The number of carbonyl (C=O) groups excluding carboxylic acids is 1. The van der Waals surface area contributed by atoms with E-state index in [0.29, 0.717) is 12.1 Å². The number of alkyl halides is 7. The van der Waals surface area contributed by atoms with Crippen LogP contribution in [0.1, 0.15) is 28.7 Å². The van der Waals surface area contributed by atoms with Crippen molar-refractivity contribution in [2.75, 3.05) is 24.6 Å². The molecule has 0 radical (unpaired) electrons. The first-order chi connectivity index (χ1) is 17.5. The number of oxime groups is 1. The van der Waals surface area contributed by atoms with Gasteiger partial charge in [0.1, 0.15) is 0 Å². The Morgan fingerprint density at radius 2 is 1.61 bits per heavy atom. The highest BCUT2D eigenvalue weighted by atomic mass is 32.2. The molecule has 1 amide bonds. The number of rotatable bonds is 4. The first-order valence-electron chi connectivity index (χ1n) is 11.3. The third-order valence-corrected chi connectivity index (χ3v) is 8.85. The smallest absolute Gasteiger partial charge is 0.374 e. The summed E-state index contributed by atoms with van der Waals surface area (Å²) < 4.78 is 120. The molecule has 3 heterocycles. The number of hydrogen-bond donors (Lipinski definition) is 0. The highest BCUT2D eigenvalue weighted by molar-refractivity contribution is 7.92. The second-order valence-electron chi connectivity index (χ2n) is 9.72. The molecular formula is C24H19F7N2O4S. The van der Waals surface area contributed by atoms with E-state index < -0.39 is 62.8 Å². The van der Waals surface area contributed by atoms with E-state index in [9.17, 15) is 39.6 Å². The number of benzene rings is 2. The van der Waals surface area contributed by atoms with E-state index in [1.807, 2.05) is 0 Å². The van der Waals surface area contributed by atoms with Gasteiger partial charge in [-0.05, 0) is 23.3 Å². The number of hydrogen-bond acceptors (Lipinski definition) is 5. The average Bonchev–Trinajstić information content (AvgIpc) is 3.27. The lowest BCUT2D eigenvalue weighted by Crippen LogP contribution is -2.62. The Morgan fingerprint density at radius 1 is 0.974 bits per heavy atom. The van der Waals surface area contributed by atoms with Crippen molar-refractivity contribution in [3.05, 3.63) is 70.8 Å². The van der Waals surface area contributed by atoms with Crippen molar-refractivity contribution < 1.29 is 48.8 Å². The lowest BCUT2D eigenvalue weighted by molar-refractivity contribution is -0.276. The molecule has 1 unspecified atom stereocenters. The molecule has 3 aliphatic rings. The quantitative estimate of drug-likeness (QED) is 0.518. The molecule has 38 heavy (non-hydrogen) atoms. The SMILES string of the molecule is O=C(C1CS(=O)(=O)C1)N1CC(F)(c2ccc(C3=NOC(c4cccc(C(F)(F)F)c4)(C(F)(F)F)C3)cc2)C1. The normalized spacial score (nSPS) is 24.7. The molecule has 0 saturated carbocycles. The van der Waals surface area contributed by atoms with Crippen LogP contribution in [0.4, 0.5) is 30.7 Å². The number of likely N-dealkylation sites (tertiary alicyclic amines) is 1. The average molecular weight is 564 g/mol. The van der Waals surface area contributed by atoms with Crippen LogP contribution in [-0.4, -0.2) is 55.7 Å². The van der Waals surface area contributed by atoms with Gasteiger partial charge >= 0.3 is 12.4 Å². The number of sulfone groups is 1. The summed E-state index contributed by atoms with van der Waals surface area (Å²) in [5.74, 6) is -1.65. The van der Waals surface area contributed by atoms with Gasteiger partial charge in [-0.25, -0.2) is 12.8 Å². The molecular weight excluding hydrogens is 545 g/mol. The fourth-order valence-electron chi connectivity index (χ4n) is 4.83. The summed E-state index contributed by atoms with van der Waals surface area (Å²) in [5.41, 5.74) is -6.94. The van der Waals surface area contributed by atoms with E-state index in [0.717, 1.165) is 12.1 Å². The van der Waals surface area contributed by atoms with E-state index in [4.69, 9.17) is 4.84 Å². The van der Waals surface area contributed by atoms with Crippen LogP contribution >= 0.6 is 0 Å². The predicted octanol–water partition coefficient (Wildman–Crippen LogP) is 4.34. The molecule has 0 aliphatic carbocycles. The van der Waals surface area contributed by atoms with Gasteiger partial charge in [0.05, 0.1) is 41.8 Å². The summed E-state index contributed by atoms with van der Waals surface area (Å²) in [4.78, 5) is 18.3. The molecule has 0 aromatic heterocycles. The Bertz CT molecular complexity index is 1400. The third kappa shape index (κ3) is 4.41. The molecule has 0 bridgehead atoms. The van der Waals surface area contributed by atoms with Crippen molar-refractivity contribution in [3.8, 4) is 0 Å². The van der Waals surface area contributed by atoms with Gasteiger partial charge in [-0.2, -0.15) is 26.3 Å². The highest BCUT2D eigenvalue weighted by Gasteiger charge is 2.62. The molecule has 2 fully saturated rings. The largest absolute Gasteiger partial charge is 0.435 e. The van der Waals surface area contributed by atoms with Gasteiger partial charge in [0.25, 0.3) is 5.60 Å². The molecule has 5 rings (SSSR count). The van der Waals surface area contributed by atoms with Crippen LogP contribution in [0.25, 0.3) is 0 Å². The van der Waals surface area contributed by atoms with Crippen molar-refractivity contribution in [2.45, 2.75) is 30.0 Å². The summed E-state index contributed by atoms with van der Waals surface area (Å²) in [6.07, 6.45) is -10.9. The van der Waals surface area contributed by atoms with Crippen molar-refractivity contribution in [1.82, 2.24) is 4.90 Å². The molecule has 204 valence electrons. The van der Waals surface area contributed by atoms with E-state index in [-0.39, 0.29) is 41.4 Å². The predicted molar refractivity (Wildman–Crippen MR) is 119 cm³/mol. The Kier molecular flexibility index (Phi) is 5.86.